The highest BCUT2D eigenvalue weighted by Crippen LogP contribution is 2.21. The van der Waals surface area contributed by atoms with E-state index in [0.29, 0.717) is 0 Å². The van der Waals surface area contributed by atoms with Gasteiger partial charge in [-0.25, -0.2) is 0 Å². The normalized spacial score (nSPS) is 11.3. The first-order valence-electron chi connectivity index (χ1n) is 8.54. The number of aromatic nitrogens is 1. The predicted octanol–water partition coefficient (Wildman–Crippen LogP) is 5.27. The molecule has 0 fully saturated rings. The summed E-state index contributed by atoms with van der Waals surface area (Å²) in [5.74, 6) is 0. The molecule has 0 spiro atoms. The second-order valence-electron chi connectivity index (χ2n) is 6.00. The Labute approximate surface area is 128 Å². The molecule has 1 heterocycles. The van der Waals surface area contributed by atoms with Gasteiger partial charge in [-0.15, -0.1) is 0 Å². The largest absolute Gasteiger partial charge is 0.392 e. The summed E-state index contributed by atoms with van der Waals surface area (Å²) in [7, 11) is 0. The molecule has 1 aromatic carbocycles. The second-order valence-corrected chi connectivity index (χ2v) is 6.00. The topological polar surface area (TPSA) is 25.2 Å². The van der Waals surface area contributed by atoms with E-state index in [-0.39, 0.29) is 6.61 Å². The Hall–Kier alpha value is -1.28. The summed E-state index contributed by atoms with van der Waals surface area (Å²) in [6, 6.07) is 8.32. The summed E-state index contributed by atoms with van der Waals surface area (Å²) in [5, 5.41) is 10.7. The number of rotatable bonds is 10. The van der Waals surface area contributed by atoms with Crippen molar-refractivity contribution in [2.45, 2.75) is 71.4 Å². The average molecular weight is 287 g/mol. The summed E-state index contributed by atoms with van der Waals surface area (Å²) in [5.41, 5.74) is 2.25. The first-order valence-corrected chi connectivity index (χ1v) is 8.54. The minimum absolute atomic E-state index is 0.124. The third-order valence-electron chi connectivity index (χ3n) is 4.29. The molecule has 116 valence electrons. The van der Waals surface area contributed by atoms with E-state index in [0.717, 1.165) is 12.1 Å². The van der Waals surface area contributed by atoms with Gasteiger partial charge in [0, 0.05) is 18.3 Å². The molecular formula is C19H29NO. The van der Waals surface area contributed by atoms with Crippen molar-refractivity contribution < 1.29 is 5.11 Å². The number of aryl methyl sites for hydroxylation is 1. The van der Waals surface area contributed by atoms with Gasteiger partial charge in [0.15, 0.2) is 0 Å². The quantitative estimate of drug-likeness (QED) is 0.591. The number of para-hydroxylation sites is 1. The molecule has 2 rings (SSSR count). The number of hydrogen-bond donors (Lipinski definition) is 1. The molecule has 2 nitrogen and oxygen atoms in total. The molecule has 0 aliphatic carbocycles. The number of unbranched alkanes of at least 4 members (excludes halogenated alkanes) is 7. The van der Waals surface area contributed by atoms with Crippen LogP contribution in [-0.2, 0) is 13.2 Å². The van der Waals surface area contributed by atoms with E-state index >= 15 is 0 Å². The van der Waals surface area contributed by atoms with Gasteiger partial charge in [-0.2, -0.15) is 0 Å². The number of aliphatic hydroxyl groups is 1. The molecule has 0 unspecified atom stereocenters. The highest BCUT2D eigenvalue weighted by Gasteiger charge is 2.05. The predicted molar refractivity (Wildman–Crippen MR) is 90.5 cm³/mol. The monoisotopic (exact) mass is 287 g/mol. The zero-order chi connectivity index (χ0) is 14.9. The average Bonchev–Trinajstić information content (AvgIpc) is 2.93. The van der Waals surface area contributed by atoms with Crippen molar-refractivity contribution in [1.29, 1.82) is 0 Å². The standard InChI is InChI=1S/C19H29NO/c1-2-3-4-5-6-7-8-9-14-20-15-13-17-11-10-12-18(16-21)19(17)20/h10-13,15,21H,2-9,14,16H2,1H3. The number of hydrogen-bond acceptors (Lipinski definition) is 1. The van der Waals surface area contributed by atoms with Crippen molar-refractivity contribution >= 4 is 10.9 Å². The number of benzene rings is 1. The highest BCUT2D eigenvalue weighted by atomic mass is 16.3. The molecule has 0 aliphatic heterocycles. The fourth-order valence-electron chi connectivity index (χ4n) is 3.07. The van der Waals surface area contributed by atoms with Gasteiger partial charge in [-0.1, -0.05) is 70.1 Å². The lowest BCUT2D eigenvalue weighted by molar-refractivity contribution is 0.283. The van der Waals surface area contributed by atoms with E-state index in [4.69, 9.17) is 0 Å². The summed E-state index contributed by atoms with van der Waals surface area (Å²) < 4.78 is 2.30. The van der Waals surface area contributed by atoms with Crippen LogP contribution in [0.15, 0.2) is 30.5 Å². The molecule has 21 heavy (non-hydrogen) atoms. The zero-order valence-electron chi connectivity index (χ0n) is 13.4. The van der Waals surface area contributed by atoms with Crippen LogP contribution in [0.3, 0.4) is 0 Å². The van der Waals surface area contributed by atoms with Gasteiger partial charge in [-0.05, 0) is 17.9 Å². The fraction of sp³-hybridized carbons (Fsp3) is 0.579. The van der Waals surface area contributed by atoms with Crippen LogP contribution >= 0.6 is 0 Å². The molecule has 2 heteroatoms. The molecule has 1 N–H and O–H groups in total. The van der Waals surface area contributed by atoms with Crippen LogP contribution in [0.5, 0.6) is 0 Å². The van der Waals surface area contributed by atoms with E-state index < -0.39 is 0 Å². The summed E-state index contributed by atoms with van der Waals surface area (Å²) in [6.07, 6.45) is 13.0. The fourth-order valence-corrected chi connectivity index (χ4v) is 3.07. The van der Waals surface area contributed by atoms with Crippen molar-refractivity contribution in [3.8, 4) is 0 Å². The molecule has 0 amide bonds. The maximum Gasteiger partial charge on any atom is 0.0702 e. The molecule has 0 bridgehead atoms. The lowest BCUT2D eigenvalue weighted by Crippen LogP contribution is -1.99. The van der Waals surface area contributed by atoms with Crippen molar-refractivity contribution in [3.63, 3.8) is 0 Å². The summed E-state index contributed by atoms with van der Waals surface area (Å²) in [4.78, 5) is 0. The van der Waals surface area contributed by atoms with Crippen LogP contribution in [0.2, 0.25) is 0 Å². The van der Waals surface area contributed by atoms with Crippen LogP contribution in [-0.4, -0.2) is 9.67 Å². The molecule has 2 aromatic rings. The molecule has 0 radical (unpaired) electrons. The van der Waals surface area contributed by atoms with Crippen molar-refractivity contribution in [2.24, 2.45) is 0 Å². The van der Waals surface area contributed by atoms with Gasteiger partial charge in [0.05, 0.1) is 12.1 Å². The van der Waals surface area contributed by atoms with Gasteiger partial charge in [0.2, 0.25) is 0 Å². The molecule has 0 saturated carbocycles. The van der Waals surface area contributed by atoms with Crippen molar-refractivity contribution in [2.75, 3.05) is 0 Å². The van der Waals surface area contributed by atoms with Gasteiger partial charge >= 0.3 is 0 Å². The third kappa shape index (κ3) is 4.60. The Morgan fingerprint density at radius 2 is 1.62 bits per heavy atom. The lowest BCUT2D eigenvalue weighted by atomic mass is 10.1. The Kier molecular flexibility index (Phi) is 6.81. The summed E-state index contributed by atoms with van der Waals surface area (Å²) in [6.45, 7) is 3.45. The van der Waals surface area contributed by atoms with E-state index in [1.165, 1.54) is 62.3 Å². The zero-order valence-corrected chi connectivity index (χ0v) is 13.4. The van der Waals surface area contributed by atoms with Crippen LogP contribution in [0, 0.1) is 0 Å². The highest BCUT2D eigenvalue weighted by molar-refractivity contribution is 5.83. The number of aliphatic hydroxyl groups excluding tert-OH is 1. The Bertz CT molecular complexity index is 529. The van der Waals surface area contributed by atoms with Crippen LogP contribution in [0.4, 0.5) is 0 Å². The van der Waals surface area contributed by atoms with Crippen LogP contribution in [0.25, 0.3) is 10.9 Å². The van der Waals surface area contributed by atoms with E-state index in [2.05, 4.69) is 29.8 Å². The molecule has 0 saturated heterocycles. The van der Waals surface area contributed by atoms with Crippen molar-refractivity contribution in [1.82, 2.24) is 4.57 Å². The van der Waals surface area contributed by atoms with Gasteiger partial charge < -0.3 is 9.67 Å². The third-order valence-corrected chi connectivity index (χ3v) is 4.29. The molecule has 0 atom stereocenters. The van der Waals surface area contributed by atoms with Crippen LogP contribution in [0.1, 0.15) is 63.9 Å². The Morgan fingerprint density at radius 1 is 0.905 bits per heavy atom. The number of nitrogens with zero attached hydrogens (tertiary/aromatic N) is 1. The van der Waals surface area contributed by atoms with Crippen LogP contribution < -0.4 is 0 Å². The Balaban J connectivity index is 1.76. The van der Waals surface area contributed by atoms with E-state index in [1.807, 2.05) is 12.1 Å². The van der Waals surface area contributed by atoms with Crippen molar-refractivity contribution in [3.05, 3.63) is 36.0 Å². The molecule has 0 aliphatic rings. The van der Waals surface area contributed by atoms with Gasteiger partial charge in [-0.3, -0.25) is 0 Å². The molecule has 1 aromatic heterocycles. The molecular weight excluding hydrogens is 258 g/mol. The first kappa shape index (κ1) is 16.1. The second kappa shape index (κ2) is 8.89. The smallest absolute Gasteiger partial charge is 0.0702 e. The van der Waals surface area contributed by atoms with Gasteiger partial charge in [0.25, 0.3) is 0 Å². The van der Waals surface area contributed by atoms with Gasteiger partial charge in [0.1, 0.15) is 0 Å². The SMILES string of the molecule is CCCCCCCCCCn1ccc2cccc(CO)c21. The Morgan fingerprint density at radius 3 is 2.33 bits per heavy atom. The minimum atomic E-state index is 0.124. The number of fused-ring (bicyclic) bond motifs is 1. The van der Waals surface area contributed by atoms with E-state index in [9.17, 15) is 5.11 Å². The summed E-state index contributed by atoms with van der Waals surface area (Å²) >= 11 is 0. The maximum atomic E-state index is 9.48. The minimum Gasteiger partial charge on any atom is -0.392 e. The lowest BCUT2D eigenvalue weighted by Gasteiger charge is -2.08. The first-order chi connectivity index (χ1) is 10.4. The maximum absolute atomic E-state index is 9.48. The van der Waals surface area contributed by atoms with E-state index in [1.54, 1.807) is 0 Å².